The molecule has 1 aromatic rings. The number of morpholine rings is 1. The summed E-state index contributed by atoms with van der Waals surface area (Å²) in [6, 6.07) is 0.356. The van der Waals surface area contributed by atoms with Crippen LogP contribution in [0.3, 0.4) is 0 Å². The second kappa shape index (κ2) is 6.44. The summed E-state index contributed by atoms with van der Waals surface area (Å²) in [4.78, 5) is 6.94. The fraction of sp³-hybridized carbons (Fsp3) is 0.750. The van der Waals surface area contributed by atoms with Crippen LogP contribution in [-0.2, 0) is 4.74 Å². The zero-order valence-electron chi connectivity index (χ0n) is 10.6. The molecule has 2 rings (SSSR count). The average molecular weight is 255 g/mol. The number of nitrogens with zero attached hydrogens (tertiary/aromatic N) is 2. The van der Waals surface area contributed by atoms with Gasteiger partial charge in [0.25, 0.3) is 0 Å². The molecule has 0 aromatic carbocycles. The van der Waals surface area contributed by atoms with E-state index >= 15 is 0 Å². The van der Waals surface area contributed by atoms with E-state index in [9.17, 15) is 0 Å². The van der Waals surface area contributed by atoms with Crippen molar-refractivity contribution < 1.29 is 4.74 Å². The Morgan fingerprint density at radius 1 is 1.53 bits per heavy atom. The van der Waals surface area contributed by atoms with Crippen molar-refractivity contribution in [2.24, 2.45) is 0 Å². The van der Waals surface area contributed by atoms with Gasteiger partial charge in [0.15, 0.2) is 0 Å². The molecule has 0 spiro atoms. The Labute approximate surface area is 107 Å². The van der Waals surface area contributed by atoms with Gasteiger partial charge in [0.05, 0.1) is 19.3 Å². The largest absolute Gasteiger partial charge is 0.379 e. The molecule has 17 heavy (non-hydrogen) atoms. The average Bonchev–Trinajstić information content (AvgIpc) is 2.77. The van der Waals surface area contributed by atoms with E-state index < -0.39 is 0 Å². The summed E-state index contributed by atoms with van der Waals surface area (Å²) < 4.78 is 5.33. The van der Waals surface area contributed by atoms with Crippen molar-refractivity contribution in [2.75, 3.05) is 39.4 Å². The number of ether oxygens (including phenoxy) is 1. The van der Waals surface area contributed by atoms with Gasteiger partial charge in [-0.05, 0) is 13.8 Å². The maximum atomic E-state index is 5.33. The molecule has 0 aliphatic carbocycles. The monoisotopic (exact) mass is 255 g/mol. The Morgan fingerprint density at radius 2 is 2.29 bits per heavy atom. The first-order valence-corrected chi connectivity index (χ1v) is 7.09. The van der Waals surface area contributed by atoms with Crippen LogP contribution in [0.25, 0.3) is 0 Å². The predicted octanol–water partition coefficient (Wildman–Crippen LogP) is 1.43. The predicted molar refractivity (Wildman–Crippen MR) is 70.5 cm³/mol. The third-order valence-electron chi connectivity index (χ3n) is 2.99. The first kappa shape index (κ1) is 13.0. The third-order valence-corrected chi connectivity index (χ3v) is 4.13. The summed E-state index contributed by atoms with van der Waals surface area (Å²) in [5.41, 5.74) is 1.12. The second-order valence-corrected chi connectivity index (χ2v) is 5.35. The van der Waals surface area contributed by atoms with Gasteiger partial charge in [0.1, 0.15) is 5.01 Å². The summed E-state index contributed by atoms with van der Waals surface area (Å²) in [6.07, 6.45) is 0. The lowest BCUT2D eigenvalue weighted by atomic mass is 10.3. The quantitative estimate of drug-likeness (QED) is 0.864. The Morgan fingerprint density at radius 3 is 2.94 bits per heavy atom. The Kier molecular flexibility index (Phi) is 4.91. The zero-order chi connectivity index (χ0) is 12.1. The molecule has 1 aliphatic rings. The molecule has 1 N–H and O–H groups in total. The van der Waals surface area contributed by atoms with Crippen molar-refractivity contribution in [2.45, 2.75) is 19.9 Å². The van der Waals surface area contributed by atoms with Gasteiger partial charge in [-0.1, -0.05) is 0 Å². The van der Waals surface area contributed by atoms with Crippen molar-refractivity contribution >= 4 is 11.3 Å². The fourth-order valence-electron chi connectivity index (χ4n) is 1.92. The van der Waals surface area contributed by atoms with E-state index in [0.29, 0.717) is 6.04 Å². The normalized spacial score (nSPS) is 19.4. The molecule has 1 aromatic heterocycles. The summed E-state index contributed by atoms with van der Waals surface area (Å²) in [5, 5.41) is 6.82. The first-order chi connectivity index (χ1) is 8.25. The number of aryl methyl sites for hydroxylation is 1. The molecular formula is C12H21N3OS. The highest BCUT2D eigenvalue weighted by atomic mass is 32.1. The molecule has 0 bridgehead atoms. The van der Waals surface area contributed by atoms with Crippen LogP contribution in [0.2, 0.25) is 0 Å². The van der Waals surface area contributed by atoms with Crippen LogP contribution in [0.5, 0.6) is 0 Å². The van der Waals surface area contributed by atoms with Crippen LogP contribution in [-0.4, -0.2) is 49.3 Å². The molecule has 1 unspecified atom stereocenters. The van der Waals surface area contributed by atoms with Crippen LogP contribution in [0, 0.1) is 6.92 Å². The number of thiazole rings is 1. The maximum Gasteiger partial charge on any atom is 0.110 e. The SMILES string of the molecule is Cc1csc(C(C)NCCN2CCOCC2)n1. The smallest absolute Gasteiger partial charge is 0.110 e. The van der Waals surface area contributed by atoms with Gasteiger partial charge in [-0.2, -0.15) is 0 Å². The Bertz CT molecular complexity index is 336. The lowest BCUT2D eigenvalue weighted by Gasteiger charge is -2.27. The molecule has 0 amide bonds. The first-order valence-electron chi connectivity index (χ1n) is 6.21. The van der Waals surface area contributed by atoms with Gasteiger partial charge in [0.2, 0.25) is 0 Å². The summed E-state index contributed by atoms with van der Waals surface area (Å²) in [5.74, 6) is 0. The van der Waals surface area contributed by atoms with Gasteiger partial charge in [-0.15, -0.1) is 11.3 Å². The van der Waals surface area contributed by atoms with Crippen LogP contribution in [0.15, 0.2) is 5.38 Å². The van der Waals surface area contributed by atoms with E-state index in [4.69, 9.17) is 4.74 Å². The number of nitrogens with one attached hydrogen (secondary N) is 1. The highest BCUT2D eigenvalue weighted by Crippen LogP contribution is 2.16. The minimum absolute atomic E-state index is 0.356. The Hall–Kier alpha value is -0.490. The van der Waals surface area contributed by atoms with Crippen LogP contribution >= 0.6 is 11.3 Å². The number of aromatic nitrogens is 1. The van der Waals surface area contributed by atoms with Crippen LogP contribution < -0.4 is 5.32 Å². The zero-order valence-corrected chi connectivity index (χ0v) is 11.4. The third kappa shape index (κ3) is 4.03. The lowest BCUT2D eigenvalue weighted by Crippen LogP contribution is -2.40. The molecule has 1 atom stereocenters. The van der Waals surface area contributed by atoms with E-state index in [2.05, 4.69) is 27.5 Å². The van der Waals surface area contributed by atoms with Gasteiger partial charge < -0.3 is 10.1 Å². The van der Waals surface area contributed by atoms with Crippen molar-refractivity contribution in [3.63, 3.8) is 0 Å². The van der Waals surface area contributed by atoms with Gasteiger partial charge in [-0.3, -0.25) is 4.90 Å². The number of hydrogen-bond acceptors (Lipinski definition) is 5. The molecule has 5 heteroatoms. The highest BCUT2D eigenvalue weighted by Gasteiger charge is 2.11. The summed E-state index contributed by atoms with van der Waals surface area (Å²) in [7, 11) is 0. The maximum absolute atomic E-state index is 5.33. The van der Waals surface area contributed by atoms with E-state index in [1.807, 2.05) is 6.92 Å². The standard InChI is InChI=1S/C12H21N3OS/c1-10-9-17-12(14-10)11(2)13-3-4-15-5-7-16-8-6-15/h9,11,13H,3-8H2,1-2H3. The highest BCUT2D eigenvalue weighted by molar-refractivity contribution is 7.09. The van der Waals surface area contributed by atoms with E-state index in [1.54, 1.807) is 11.3 Å². The molecule has 2 heterocycles. The molecule has 1 aliphatic heterocycles. The molecule has 0 radical (unpaired) electrons. The van der Waals surface area contributed by atoms with Crippen molar-refractivity contribution in [1.82, 2.24) is 15.2 Å². The van der Waals surface area contributed by atoms with Crippen molar-refractivity contribution in [3.05, 3.63) is 16.1 Å². The molecule has 96 valence electrons. The number of hydrogen-bond donors (Lipinski definition) is 1. The fourth-order valence-corrected chi connectivity index (χ4v) is 2.75. The molecular weight excluding hydrogens is 234 g/mol. The van der Waals surface area contributed by atoms with E-state index in [0.717, 1.165) is 45.1 Å². The second-order valence-electron chi connectivity index (χ2n) is 4.46. The van der Waals surface area contributed by atoms with Crippen molar-refractivity contribution in [1.29, 1.82) is 0 Å². The van der Waals surface area contributed by atoms with Gasteiger partial charge in [0, 0.05) is 37.3 Å². The summed E-state index contributed by atoms with van der Waals surface area (Å²) in [6.45, 7) is 10.2. The minimum Gasteiger partial charge on any atom is -0.379 e. The van der Waals surface area contributed by atoms with E-state index in [-0.39, 0.29) is 0 Å². The van der Waals surface area contributed by atoms with Gasteiger partial charge >= 0.3 is 0 Å². The summed E-state index contributed by atoms with van der Waals surface area (Å²) >= 11 is 1.74. The van der Waals surface area contributed by atoms with Crippen LogP contribution in [0.1, 0.15) is 23.7 Å². The molecule has 1 fully saturated rings. The van der Waals surface area contributed by atoms with Crippen LogP contribution in [0.4, 0.5) is 0 Å². The molecule has 4 nitrogen and oxygen atoms in total. The topological polar surface area (TPSA) is 37.4 Å². The van der Waals surface area contributed by atoms with Gasteiger partial charge in [-0.25, -0.2) is 4.98 Å². The molecule has 1 saturated heterocycles. The van der Waals surface area contributed by atoms with Crippen molar-refractivity contribution in [3.8, 4) is 0 Å². The van der Waals surface area contributed by atoms with E-state index in [1.165, 1.54) is 5.01 Å². The Balaban J connectivity index is 1.67. The lowest BCUT2D eigenvalue weighted by molar-refractivity contribution is 0.0382. The minimum atomic E-state index is 0.356. The number of rotatable bonds is 5. The molecule has 0 saturated carbocycles.